The van der Waals surface area contributed by atoms with Gasteiger partial charge in [0.25, 0.3) is 0 Å². The number of aryl methyl sites for hydroxylation is 1. The van der Waals surface area contributed by atoms with Crippen LogP contribution in [0.2, 0.25) is 0 Å². The summed E-state index contributed by atoms with van der Waals surface area (Å²) in [5.74, 6) is 3.20. The molecule has 1 nitrogen and oxygen atoms in total. The SMILES string of the molecule is CNC(CCc1cccs1)CC1CC2CCC1C2. The van der Waals surface area contributed by atoms with Gasteiger partial charge in [-0.25, -0.2) is 0 Å². The van der Waals surface area contributed by atoms with E-state index in [4.69, 9.17) is 0 Å². The monoisotopic (exact) mass is 263 g/mol. The molecule has 0 aliphatic heterocycles. The molecule has 2 saturated carbocycles. The molecule has 18 heavy (non-hydrogen) atoms. The molecule has 1 aromatic heterocycles. The maximum atomic E-state index is 3.56. The summed E-state index contributed by atoms with van der Waals surface area (Å²) >= 11 is 1.90. The zero-order valence-corrected chi connectivity index (χ0v) is 12.2. The first kappa shape index (κ1) is 12.7. The van der Waals surface area contributed by atoms with Crippen LogP contribution >= 0.6 is 11.3 Å². The fourth-order valence-electron chi connectivity index (χ4n) is 4.18. The van der Waals surface area contributed by atoms with Crippen molar-refractivity contribution in [1.82, 2.24) is 5.32 Å². The molecule has 0 radical (unpaired) electrons. The van der Waals surface area contributed by atoms with E-state index < -0.39 is 0 Å². The topological polar surface area (TPSA) is 12.0 Å². The van der Waals surface area contributed by atoms with Crippen molar-refractivity contribution in [3.63, 3.8) is 0 Å². The third-order valence-electron chi connectivity index (χ3n) is 5.20. The predicted molar refractivity (Wildman–Crippen MR) is 79.0 cm³/mol. The van der Waals surface area contributed by atoms with Gasteiger partial charge >= 0.3 is 0 Å². The molecular weight excluding hydrogens is 238 g/mol. The van der Waals surface area contributed by atoms with Crippen LogP contribution in [0.15, 0.2) is 17.5 Å². The lowest BCUT2D eigenvalue weighted by molar-refractivity contribution is 0.277. The summed E-state index contributed by atoms with van der Waals surface area (Å²) in [7, 11) is 2.15. The van der Waals surface area contributed by atoms with Crippen molar-refractivity contribution in [3.05, 3.63) is 22.4 Å². The molecule has 1 aromatic rings. The number of nitrogens with one attached hydrogen (secondary N) is 1. The van der Waals surface area contributed by atoms with Gasteiger partial charge in [-0.2, -0.15) is 0 Å². The van der Waals surface area contributed by atoms with Gasteiger partial charge in [-0.15, -0.1) is 11.3 Å². The van der Waals surface area contributed by atoms with E-state index in [9.17, 15) is 0 Å². The number of fused-ring (bicyclic) bond motifs is 2. The second-order valence-electron chi connectivity index (χ2n) is 6.27. The second-order valence-corrected chi connectivity index (χ2v) is 7.31. The van der Waals surface area contributed by atoms with Crippen LogP contribution in [0, 0.1) is 17.8 Å². The second kappa shape index (κ2) is 5.75. The van der Waals surface area contributed by atoms with Crippen molar-refractivity contribution in [1.29, 1.82) is 0 Å². The molecule has 2 fully saturated rings. The van der Waals surface area contributed by atoms with E-state index in [0.29, 0.717) is 0 Å². The van der Waals surface area contributed by atoms with Gasteiger partial charge in [-0.3, -0.25) is 0 Å². The van der Waals surface area contributed by atoms with Gasteiger partial charge in [0, 0.05) is 10.9 Å². The summed E-state index contributed by atoms with van der Waals surface area (Å²) in [5.41, 5.74) is 0. The van der Waals surface area contributed by atoms with Crippen LogP contribution in [0.5, 0.6) is 0 Å². The molecule has 2 aliphatic carbocycles. The molecule has 2 aliphatic rings. The molecule has 1 N–H and O–H groups in total. The lowest BCUT2D eigenvalue weighted by atomic mass is 9.83. The van der Waals surface area contributed by atoms with Gasteiger partial charge in [0.05, 0.1) is 0 Å². The van der Waals surface area contributed by atoms with Crippen LogP contribution in [0.4, 0.5) is 0 Å². The van der Waals surface area contributed by atoms with E-state index in [2.05, 4.69) is 29.9 Å². The minimum Gasteiger partial charge on any atom is -0.317 e. The molecule has 100 valence electrons. The quantitative estimate of drug-likeness (QED) is 0.815. The maximum Gasteiger partial charge on any atom is 0.00702 e. The first-order valence-corrected chi connectivity index (χ1v) is 8.42. The van der Waals surface area contributed by atoms with Crippen molar-refractivity contribution < 1.29 is 0 Å². The van der Waals surface area contributed by atoms with E-state index in [-0.39, 0.29) is 0 Å². The fraction of sp³-hybridized carbons (Fsp3) is 0.750. The standard InChI is InChI=1S/C16H25NS/c1-17-15(6-7-16-3-2-8-18-16)11-14-10-12-4-5-13(14)9-12/h2-3,8,12-15,17H,4-7,9-11H2,1H3. The average molecular weight is 263 g/mol. The van der Waals surface area contributed by atoms with Gasteiger partial charge in [0.2, 0.25) is 0 Å². The van der Waals surface area contributed by atoms with Crippen LogP contribution in [0.25, 0.3) is 0 Å². The van der Waals surface area contributed by atoms with E-state index in [0.717, 1.165) is 23.8 Å². The molecular formula is C16H25NS. The molecule has 0 saturated heterocycles. The molecule has 0 aromatic carbocycles. The number of thiophene rings is 1. The highest BCUT2D eigenvalue weighted by Crippen LogP contribution is 2.50. The van der Waals surface area contributed by atoms with Crippen molar-refractivity contribution in [2.24, 2.45) is 17.8 Å². The number of hydrogen-bond donors (Lipinski definition) is 1. The van der Waals surface area contributed by atoms with Gasteiger partial charge in [-0.1, -0.05) is 12.5 Å². The Bertz CT molecular complexity index is 359. The van der Waals surface area contributed by atoms with Crippen LogP contribution in [-0.2, 0) is 6.42 Å². The molecule has 3 rings (SSSR count). The van der Waals surface area contributed by atoms with E-state index >= 15 is 0 Å². The lowest BCUT2D eigenvalue weighted by Crippen LogP contribution is -2.30. The molecule has 0 amide bonds. The normalized spacial score (nSPS) is 31.9. The summed E-state index contributed by atoms with van der Waals surface area (Å²) in [4.78, 5) is 1.54. The molecule has 2 heteroatoms. The summed E-state index contributed by atoms with van der Waals surface area (Å²) in [6, 6.07) is 5.18. The van der Waals surface area contributed by atoms with E-state index in [1.807, 2.05) is 11.3 Å². The zero-order valence-electron chi connectivity index (χ0n) is 11.4. The lowest BCUT2D eigenvalue weighted by Gasteiger charge is -2.26. The number of hydrogen-bond acceptors (Lipinski definition) is 2. The molecule has 2 bridgehead atoms. The van der Waals surface area contributed by atoms with Crippen LogP contribution < -0.4 is 5.32 Å². The van der Waals surface area contributed by atoms with Crippen molar-refractivity contribution in [3.8, 4) is 0 Å². The highest BCUT2D eigenvalue weighted by molar-refractivity contribution is 7.09. The third kappa shape index (κ3) is 2.80. The Balaban J connectivity index is 1.47. The van der Waals surface area contributed by atoms with Crippen LogP contribution in [-0.4, -0.2) is 13.1 Å². The van der Waals surface area contributed by atoms with Gasteiger partial charge in [0.15, 0.2) is 0 Å². The highest BCUT2D eigenvalue weighted by Gasteiger charge is 2.39. The predicted octanol–water partition coefficient (Wildman–Crippen LogP) is 4.10. The highest BCUT2D eigenvalue weighted by atomic mass is 32.1. The third-order valence-corrected chi connectivity index (χ3v) is 6.14. The Morgan fingerprint density at radius 2 is 2.33 bits per heavy atom. The summed E-state index contributed by atoms with van der Waals surface area (Å²) in [6.07, 6.45) is 10.1. The maximum absolute atomic E-state index is 3.56. The number of rotatable bonds is 6. The van der Waals surface area contributed by atoms with Crippen LogP contribution in [0.1, 0.15) is 43.4 Å². The fourth-order valence-corrected chi connectivity index (χ4v) is 4.91. The van der Waals surface area contributed by atoms with E-state index in [1.54, 1.807) is 11.3 Å². The van der Waals surface area contributed by atoms with E-state index in [1.165, 1.54) is 38.5 Å². The van der Waals surface area contributed by atoms with Crippen LogP contribution in [0.3, 0.4) is 0 Å². The van der Waals surface area contributed by atoms with Crippen molar-refractivity contribution in [2.45, 2.75) is 51.0 Å². The largest absolute Gasteiger partial charge is 0.317 e. The Morgan fingerprint density at radius 1 is 1.39 bits per heavy atom. The Morgan fingerprint density at radius 3 is 2.94 bits per heavy atom. The Hall–Kier alpha value is -0.340. The van der Waals surface area contributed by atoms with Crippen molar-refractivity contribution >= 4 is 11.3 Å². The zero-order chi connectivity index (χ0) is 12.4. The van der Waals surface area contributed by atoms with Crippen molar-refractivity contribution in [2.75, 3.05) is 7.05 Å². The molecule has 4 unspecified atom stereocenters. The summed E-state index contributed by atoms with van der Waals surface area (Å²) < 4.78 is 0. The average Bonchev–Trinajstić information content (AvgIpc) is 3.10. The summed E-state index contributed by atoms with van der Waals surface area (Å²) in [6.45, 7) is 0. The Kier molecular flexibility index (Phi) is 4.05. The first-order valence-electron chi connectivity index (χ1n) is 7.54. The van der Waals surface area contributed by atoms with Gasteiger partial charge in [-0.05, 0) is 74.8 Å². The first-order chi connectivity index (χ1) is 8.85. The van der Waals surface area contributed by atoms with Gasteiger partial charge in [0.1, 0.15) is 0 Å². The minimum absolute atomic E-state index is 0.733. The Labute approximate surface area is 115 Å². The smallest absolute Gasteiger partial charge is 0.00702 e. The summed E-state index contributed by atoms with van der Waals surface area (Å²) in [5, 5.41) is 5.75. The molecule has 1 heterocycles. The minimum atomic E-state index is 0.733. The van der Waals surface area contributed by atoms with Gasteiger partial charge < -0.3 is 5.32 Å². The molecule has 4 atom stereocenters. The molecule has 0 spiro atoms.